The van der Waals surface area contributed by atoms with E-state index in [4.69, 9.17) is 4.74 Å². The zero-order chi connectivity index (χ0) is 15.2. The molecular weight excluding hydrogens is 306 g/mol. The fourth-order valence-corrected chi connectivity index (χ4v) is 2.25. The third-order valence-corrected chi connectivity index (χ3v) is 3.39. The van der Waals surface area contributed by atoms with E-state index in [1.54, 1.807) is 0 Å². The van der Waals surface area contributed by atoms with Crippen molar-refractivity contribution >= 4 is 11.8 Å². The van der Waals surface area contributed by atoms with Gasteiger partial charge in [-0.1, -0.05) is 47.3 Å². The summed E-state index contributed by atoms with van der Waals surface area (Å²) in [7, 11) is 0. The number of thioether (sulfide) groups is 1. The Kier molecular flexibility index (Phi) is 4.39. The van der Waals surface area contributed by atoms with Crippen LogP contribution in [0.3, 0.4) is 0 Å². The van der Waals surface area contributed by atoms with Crippen LogP contribution in [-0.4, -0.2) is 35.6 Å². The van der Waals surface area contributed by atoms with Crippen LogP contribution in [-0.2, 0) is 12.4 Å². The van der Waals surface area contributed by atoms with Crippen LogP contribution in [0, 0.1) is 0 Å². The number of ether oxygens (including phenoxy) is 1. The molecule has 1 aromatic carbocycles. The van der Waals surface area contributed by atoms with Gasteiger partial charge in [-0.25, -0.2) is 4.79 Å². The van der Waals surface area contributed by atoms with E-state index in [1.165, 1.54) is 11.8 Å². The second-order valence-electron chi connectivity index (χ2n) is 4.13. The first-order valence-electron chi connectivity index (χ1n) is 6.30. The second kappa shape index (κ2) is 6.80. The highest BCUT2D eigenvalue weighted by Gasteiger charge is 2.07. The molecule has 10 heteroatoms. The molecule has 112 valence electrons. The maximum absolute atomic E-state index is 11.5. The minimum Gasteiger partial charge on any atom is -0.460 e. The van der Waals surface area contributed by atoms with Gasteiger partial charge in [0.05, 0.1) is 5.75 Å². The van der Waals surface area contributed by atoms with Gasteiger partial charge in [0.15, 0.2) is 11.0 Å². The van der Waals surface area contributed by atoms with Gasteiger partial charge in [-0.05, 0) is 5.56 Å². The number of benzene rings is 1. The molecule has 2 N–H and O–H groups in total. The Balaban J connectivity index is 1.65. The van der Waals surface area contributed by atoms with E-state index in [0.29, 0.717) is 18.2 Å². The Morgan fingerprint density at radius 2 is 2.05 bits per heavy atom. The molecule has 0 amide bonds. The monoisotopic (exact) mass is 317 g/mol. The molecule has 9 nitrogen and oxygen atoms in total. The summed E-state index contributed by atoms with van der Waals surface area (Å²) in [5, 5.41) is 13.7. The van der Waals surface area contributed by atoms with E-state index >= 15 is 0 Å². The minimum absolute atomic E-state index is 0.125. The van der Waals surface area contributed by atoms with Gasteiger partial charge in [-0.3, -0.25) is 4.98 Å². The Labute approximate surface area is 128 Å². The van der Waals surface area contributed by atoms with Crippen LogP contribution in [0.5, 0.6) is 6.01 Å². The quantitative estimate of drug-likeness (QED) is 0.632. The Bertz CT molecular complexity index is 776. The topological polar surface area (TPSA) is 122 Å². The molecular formula is C12H11N7O2S. The molecule has 0 unspecified atom stereocenters. The highest BCUT2D eigenvalue weighted by atomic mass is 32.2. The molecule has 2 heterocycles. The summed E-state index contributed by atoms with van der Waals surface area (Å²) in [6, 6.07) is 9.71. The molecule has 0 atom stereocenters. The Morgan fingerprint density at radius 1 is 1.18 bits per heavy atom. The summed E-state index contributed by atoms with van der Waals surface area (Å²) in [5.74, 6) is 0.901. The van der Waals surface area contributed by atoms with Crippen molar-refractivity contribution in [3.05, 3.63) is 52.2 Å². The second-order valence-corrected chi connectivity index (χ2v) is 5.07. The molecule has 3 rings (SSSR count). The Morgan fingerprint density at radius 3 is 2.82 bits per heavy atom. The molecule has 0 aliphatic carbocycles. The van der Waals surface area contributed by atoms with Gasteiger partial charge in [0, 0.05) is 0 Å². The fourth-order valence-electron chi connectivity index (χ4n) is 1.58. The number of hydrogen-bond acceptors (Lipinski definition) is 8. The summed E-state index contributed by atoms with van der Waals surface area (Å²) >= 11 is 1.22. The number of nitrogens with zero attached hydrogens (tertiary/aromatic N) is 5. The van der Waals surface area contributed by atoms with Crippen molar-refractivity contribution in [2.45, 2.75) is 17.5 Å². The van der Waals surface area contributed by atoms with E-state index in [-0.39, 0.29) is 11.2 Å². The first-order chi connectivity index (χ1) is 10.8. The fraction of sp³-hybridized carbons (Fsp3) is 0.167. The van der Waals surface area contributed by atoms with Gasteiger partial charge < -0.3 is 4.74 Å². The van der Waals surface area contributed by atoms with Gasteiger partial charge in [-0.2, -0.15) is 15.2 Å². The van der Waals surface area contributed by atoms with Gasteiger partial charge >= 0.3 is 11.7 Å². The largest absolute Gasteiger partial charge is 0.460 e. The average Bonchev–Trinajstić information content (AvgIpc) is 3.05. The molecule has 0 spiro atoms. The SMILES string of the molecule is O=c1nc(SCc2nn[nH]n2)nc(OCc2ccccc2)[nH]1. The summed E-state index contributed by atoms with van der Waals surface area (Å²) in [4.78, 5) is 21.9. The summed E-state index contributed by atoms with van der Waals surface area (Å²) in [5.41, 5.74) is 0.455. The molecule has 0 saturated heterocycles. The molecule has 0 aliphatic heterocycles. The van der Waals surface area contributed by atoms with Crippen molar-refractivity contribution in [2.75, 3.05) is 0 Å². The van der Waals surface area contributed by atoms with Crippen LogP contribution >= 0.6 is 11.8 Å². The summed E-state index contributed by atoms with van der Waals surface area (Å²) < 4.78 is 5.48. The zero-order valence-corrected chi connectivity index (χ0v) is 12.1. The van der Waals surface area contributed by atoms with Crippen LogP contribution in [0.25, 0.3) is 0 Å². The molecule has 0 saturated carbocycles. The van der Waals surface area contributed by atoms with Crippen LogP contribution in [0.4, 0.5) is 0 Å². The van der Waals surface area contributed by atoms with Gasteiger partial charge in [-0.15, -0.1) is 10.2 Å². The number of rotatable bonds is 6. The van der Waals surface area contributed by atoms with E-state index in [1.807, 2.05) is 30.3 Å². The number of aromatic amines is 2. The van der Waals surface area contributed by atoms with E-state index in [2.05, 4.69) is 35.6 Å². The molecule has 3 aromatic rings. The highest BCUT2D eigenvalue weighted by molar-refractivity contribution is 7.98. The van der Waals surface area contributed by atoms with Crippen molar-refractivity contribution in [1.82, 2.24) is 35.6 Å². The lowest BCUT2D eigenvalue weighted by atomic mass is 10.2. The number of aromatic nitrogens is 7. The maximum atomic E-state index is 11.5. The zero-order valence-electron chi connectivity index (χ0n) is 11.3. The standard InChI is InChI=1S/C12H11N7O2S/c20-10-13-11(21-6-8-4-2-1-3-5-8)15-12(14-10)22-7-9-16-18-19-17-9/h1-5H,6-7H2,(H,13,14,15,20)(H,16,17,18,19). The molecule has 0 aliphatic rings. The van der Waals surface area contributed by atoms with Gasteiger partial charge in [0.1, 0.15) is 6.61 Å². The number of H-pyrrole nitrogens is 2. The highest BCUT2D eigenvalue weighted by Crippen LogP contribution is 2.16. The number of nitrogens with one attached hydrogen (secondary N) is 2. The van der Waals surface area contributed by atoms with Crippen molar-refractivity contribution in [3.8, 4) is 6.01 Å². The maximum Gasteiger partial charge on any atom is 0.351 e. The Hall–Kier alpha value is -2.75. The van der Waals surface area contributed by atoms with Crippen LogP contribution in [0.15, 0.2) is 40.3 Å². The molecule has 0 radical (unpaired) electrons. The predicted octanol–water partition coefficient (Wildman–Crippen LogP) is 0.549. The third kappa shape index (κ3) is 3.88. The summed E-state index contributed by atoms with van der Waals surface area (Å²) in [6.07, 6.45) is 0. The predicted molar refractivity (Wildman–Crippen MR) is 77.2 cm³/mol. The summed E-state index contributed by atoms with van der Waals surface area (Å²) in [6.45, 7) is 0.308. The number of hydrogen-bond donors (Lipinski definition) is 2. The molecule has 0 bridgehead atoms. The smallest absolute Gasteiger partial charge is 0.351 e. The van der Waals surface area contributed by atoms with Crippen LogP contribution < -0.4 is 10.4 Å². The van der Waals surface area contributed by atoms with Gasteiger partial charge in [0.2, 0.25) is 0 Å². The van der Waals surface area contributed by atoms with E-state index in [0.717, 1.165) is 5.56 Å². The molecule has 2 aromatic heterocycles. The van der Waals surface area contributed by atoms with Crippen molar-refractivity contribution in [3.63, 3.8) is 0 Å². The lowest BCUT2D eigenvalue weighted by Gasteiger charge is -2.05. The lowest BCUT2D eigenvalue weighted by Crippen LogP contribution is -2.15. The van der Waals surface area contributed by atoms with Crippen molar-refractivity contribution in [2.24, 2.45) is 0 Å². The normalized spacial score (nSPS) is 10.5. The van der Waals surface area contributed by atoms with Gasteiger partial charge in [0.25, 0.3) is 0 Å². The average molecular weight is 317 g/mol. The lowest BCUT2D eigenvalue weighted by molar-refractivity contribution is 0.275. The van der Waals surface area contributed by atoms with E-state index in [9.17, 15) is 4.79 Å². The number of tetrazole rings is 1. The first kappa shape index (κ1) is 14.2. The molecule has 0 fully saturated rings. The first-order valence-corrected chi connectivity index (χ1v) is 7.28. The van der Waals surface area contributed by atoms with E-state index < -0.39 is 5.69 Å². The third-order valence-electron chi connectivity index (χ3n) is 2.55. The van der Waals surface area contributed by atoms with Crippen LogP contribution in [0.1, 0.15) is 11.4 Å². The van der Waals surface area contributed by atoms with Crippen molar-refractivity contribution < 1.29 is 4.74 Å². The van der Waals surface area contributed by atoms with Crippen molar-refractivity contribution in [1.29, 1.82) is 0 Å². The molecule has 22 heavy (non-hydrogen) atoms. The minimum atomic E-state index is -0.520. The van der Waals surface area contributed by atoms with Crippen LogP contribution in [0.2, 0.25) is 0 Å².